The van der Waals surface area contributed by atoms with Gasteiger partial charge in [0.25, 0.3) is 5.91 Å². The molecular weight excluding hydrogens is 246 g/mol. The Labute approximate surface area is 112 Å². The lowest BCUT2D eigenvalue weighted by atomic mass is 10.0. The Kier molecular flexibility index (Phi) is 4.97. The van der Waals surface area contributed by atoms with Gasteiger partial charge in [0.05, 0.1) is 11.3 Å². The van der Waals surface area contributed by atoms with Gasteiger partial charge in [0.15, 0.2) is 0 Å². The summed E-state index contributed by atoms with van der Waals surface area (Å²) in [5.74, 6) is -0.842. The fourth-order valence-electron chi connectivity index (χ4n) is 1.68. The molecular formula is C13H19N3O3. The van der Waals surface area contributed by atoms with Gasteiger partial charge in [-0.25, -0.2) is 14.8 Å². The Morgan fingerprint density at radius 2 is 2.05 bits per heavy atom. The molecule has 0 aromatic carbocycles. The molecule has 1 atom stereocenters. The highest BCUT2D eigenvalue weighted by Crippen LogP contribution is 2.16. The minimum Gasteiger partial charge on any atom is -0.480 e. The van der Waals surface area contributed by atoms with Crippen molar-refractivity contribution >= 4 is 11.9 Å². The van der Waals surface area contributed by atoms with Gasteiger partial charge in [0.1, 0.15) is 11.9 Å². The maximum absolute atomic E-state index is 12.1. The Morgan fingerprint density at radius 1 is 1.42 bits per heavy atom. The molecule has 0 aliphatic rings. The third kappa shape index (κ3) is 3.74. The van der Waals surface area contributed by atoms with Crippen molar-refractivity contribution in [1.29, 1.82) is 0 Å². The van der Waals surface area contributed by atoms with Gasteiger partial charge in [-0.1, -0.05) is 20.8 Å². The highest BCUT2D eigenvalue weighted by molar-refractivity contribution is 5.97. The number of aliphatic carboxylic acids is 1. The van der Waals surface area contributed by atoms with E-state index in [1.54, 1.807) is 13.8 Å². The zero-order valence-electron chi connectivity index (χ0n) is 11.6. The van der Waals surface area contributed by atoms with Gasteiger partial charge in [0, 0.05) is 6.20 Å². The van der Waals surface area contributed by atoms with Crippen molar-refractivity contribution in [3.05, 3.63) is 23.3 Å². The molecule has 1 aromatic rings. The number of nitrogens with one attached hydrogen (secondary N) is 1. The first-order valence-electron chi connectivity index (χ1n) is 6.24. The number of hydrogen-bond acceptors (Lipinski definition) is 4. The average molecular weight is 265 g/mol. The fourth-order valence-corrected chi connectivity index (χ4v) is 1.68. The van der Waals surface area contributed by atoms with Gasteiger partial charge in [0.2, 0.25) is 0 Å². The highest BCUT2D eigenvalue weighted by atomic mass is 16.4. The summed E-state index contributed by atoms with van der Waals surface area (Å²) in [5.41, 5.74) is 0.963. The topological polar surface area (TPSA) is 92.2 Å². The molecule has 104 valence electrons. The van der Waals surface area contributed by atoms with Crippen LogP contribution < -0.4 is 5.32 Å². The second-order valence-electron chi connectivity index (χ2n) is 4.64. The summed E-state index contributed by atoms with van der Waals surface area (Å²) < 4.78 is 0. The molecule has 2 N–H and O–H groups in total. The lowest BCUT2D eigenvalue weighted by Gasteiger charge is -2.15. The molecule has 6 heteroatoms. The van der Waals surface area contributed by atoms with Crippen LogP contribution in [0.4, 0.5) is 0 Å². The van der Waals surface area contributed by atoms with Crippen LogP contribution in [-0.2, 0) is 4.79 Å². The molecule has 1 rings (SSSR count). The first kappa shape index (κ1) is 15.1. The number of carboxylic acids is 1. The van der Waals surface area contributed by atoms with Crippen LogP contribution in [0.25, 0.3) is 0 Å². The van der Waals surface area contributed by atoms with Gasteiger partial charge >= 0.3 is 5.97 Å². The predicted molar refractivity (Wildman–Crippen MR) is 70.0 cm³/mol. The largest absolute Gasteiger partial charge is 0.480 e. The molecule has 1 heterocycles. The molecule has 0 saturated carbocycles. The van der Waals surface area contributed by atoms with E-state index >= 15 is 0 Å². The summed E-state index contributed by atoms with van der Waals surface area (Å²) in [6, 6.07) is -0.895. The van der Waals surface area contributed by atoms with E-state index in [-0.39, 0.29) is 5.92 Å². The van der Waals surface area contributed by atoms with Gasteiger partial charge < -0.3 is 10.4 Å². The Morgan fingerprint density at radius 3 is 2.53 bits per heavy atom. The summed E-state index contributed by atoms with van der Waals surface area (Å²) in [5, 5.41) is 11.4. The molecule has 0 spiro atoms. The summed E-state index contributed by atoms with van der Waals surface area (Å²) in [7, 11) is 0. The molecule has 0 aliphatic carbocycles. The van der Waals surface area contributed by atoms with Crippen molar-refractivity contribution in [3.8, 4) is 0 Å². The smallest absolute Gasteiger partial charge is 0.326 e. The molecule has 0 fully saturated rings. The first-order chi connectivity index (χ1) is 8.86. The minimum absolute atomic E-state index is 0.0624. The maximum Gasteiger partial charge on any atom is 0.326 e. The fraction of sp³-hybridized carbons (Fsp3) is 0.538. The third-order valence-electron chi connectivity index (χ3n) is 2.74. The standard InChI is InChI=1S/C13H19N3O3/c1-5-10(13(18)19)16-12(17)9-6-14-8(4)15-11(9)7(2)3/h6-7,10H,5H2,1-4H3,(H,16,17)(H,18,19). The molecule has 1 amide bonds. The normalized spacial score (nSPS) is 12.3. The van der Waals surface area contributed by atoms with E-state index in [1.807, 2.05) is 13.8 Å². The van der Waals surface area contributed by atoms with E-state index in [0.717, 1.165) is 0 Å². The molecule has 1 aromatic heterocycles. The average Bonchev–Trinajstić information content (AvgIpc) is 2.34. The second kappa shape index (κ2) is 6.26. The number of carboxylic acid groups (broad SMARTS) is 1. The predicted octanol–water partition coefficient (Wildman–Crippen LogP) is 1.50. The molecule has 0 aliphatic heterocycles. The van der Waals surface area contributed by atoms with Crippen molar-refractivity contribution < 1.29 is 14.7 Å². The van der Waals surface area contributed by atoms with Crippen LogP contribution in [0.2, 0.25) is 0 Å². The van der Waals surface area contributed by atoms with Crippen LogP contribution in [0.3, 0.4) is 0 Å². The van der Waals surface area contributed by atoms with E-state index in [1.165, 1.54) is 6.20 Å². The number of aromatic nitrogens is 2. The lowest BCUT2D eigenvalue weighted by Crippen LogP contribution is -2.40. The Hall–Kier alpha value is -1.98. The van der Waals surface area contributed by atoms with Crippen LogP contribution in [0.5, 0.6) is 0 Å². The maximum atomic E-state index is 12.1. The van der Waals surface area contributed by atoms with Crippen LogP contribution in [-0.4, -0.2) is 33.0 Å². The summed E-state index contributed by atoms with van der Waals surface area (Å²) >= 11 is 0. The quantitative estimate of drug-likeness (QED) is 0.841. The summed E-state index contributed by atoms with van der Waals surface area (Å²) in [4.78, 5) is 31.3. The Bertz CT molecular complexity index is 486. The lowest BCUT2D eigenvalue weighted by molar-refractivity contribution is -0.139. The number of hydrogen-bond donors (Lipinski definition) is 2. The zero-order valence-corrected chi connectivity index (χ0v) is 11.6. The Balaban J connectivity index is 3.02. The van der Waals surface area contributed by atoms with Gasteiger partial charge in [-0.3, -0.25) is 4.79 Å². The number of carbonyl (C=O) groups is 2. The second-order valence-corrected chi connectivity index (χ2v) is 4.64. The van der Waals surface area contributed by atoms with E-state index in [2.05, 4.69) is 15.3 Å². The van der Waals surface area contributed by atoms with Crippen molar-refractivity contribution in [2.75, 3.05) is 0 Å². The minimum atomic E-state index is -1.05. The van der Waals surface area contributed by atoms with Crippen LogP contribution >= 0.6 is 0 Å². The van der Waals surface area contributed by atoms with E-state index < -0.39 is 17.9 Å². The molecule has 1 unspecified atom stereocenters. The van der Waals surface area contributed by atoms with Gasteiger partial charge in [-0.05, 0) is 19.3 Å². The van der Waals surface area contributed by atoms with E-state index in [9.17, 15) is 9.59 Å². The molecule has 0 saturated heterocycles. The molecule has 0 radical (unpaired) electrons. The molecule has 19 heavy (non-hydrogen) atoms. The number of aryl methyl sites for hydroxylation is 1. The number of amides is 1. The van der Waals surface area contributed by atoms with Crippen LogP contribution in [0.15, 0.2) is 6.20 Å². The number of rotatable bonds is 5. The van der Waals surface area contributed by atoms with Crippen LogP contribution in [0.1, 0.15) is 55.0 Å². The zero-order chi connectivity index (χ0) is 14.6. The van der Waals surface area contributed by atoms with Crippen molar-refractivity contribution in [2.45, 2.75) is 46.1 Å². The number of carbonyl (C=O) groups excluding carboxylic acids is 1. The number of nitrogens with zero attached hydrogens (tertiary/aromatic N) is 2. The third-order valence-corrected chi connectivity index (χ3v) is 2.74. The van der Waals surface area contributed by atoms with Gasteiger partial charge in [-0.15, -0.1) is 0 Å². The summed E-state index contributed by atoms with van der Waals surface area (Å²) in [6.07, 6.45) is 1.77. The first-order valence-corrected chi connectivity index (χ1v) is 6.24. The van der Waals surface area contributed by atoms with E-state index in [0.29, 0.717) is 23.5 Å². The van der Waals surface area contributed by atoms with Crippen molar-refractivity contribution in [2.24, 2.45) is 0 Å². The highest BCUT2D eigenvalue weighted by Gasteiger charge is 2.22. The monoisotopic (exact) mass is 265 g/mol. The van der Waals surface area contributed by atoms with Crippen molar-refractivity contribution in [1.82, 2.24) is 15.3 Å². The molecule has 0 bridgehead atoms. The van der Waals surface area contributed by atoms with Gasteiger partial charge in [-0.2, -0.15) is 0 Å². The SMILES string of the molecule is CCC(NC(=O)c1cnc(C)nc1C(C)C)C(=O)O. The summed E-state index contributed by atoms with van der Waals surface area (Å²) in [6.45, 7) is 7.30. The van der Waals surface area contributed by atoms with Crippen LogP contribution in [0, 0.1) is 6.92 Å². The van der Waals surface area contributed by atoms with E-state index in [4.69, 9.17) is 5.11 Å². The molecule has 6 nitrogen and oxygen atoms in total. The van der Waals surface area contributed by atoms with Crippen molar-refractivity contribution in [3.63, 3.8) is 0 Å².